The Morgan fingerprint density at radius 3 is 2.74 bits per heavy atom. The number of nitrogens with one attached hydrogen (secondary N) is 1. The highest BCUT2D eigenvalue weighted by Gasteiger charge is 2.38. The molecule has 5 heterocycles. The molecule has 0 aliphatic carbocycles. The van der Waals surface area contributed by atoms with Gasteiger partial charge in [-0.2, -0.15) is 0 Å². The number of imidazole rings is 1. The second-order valence-electron chi connectivity index (χ2n) is 9.79. The molecule has 0 saturated carbocycles. The molecular weight excluding hydrogens is 511 g/mol. The highest BCUT2D eigenvalue weighted by molar-refractivity contribution is 6.04. The van der Waals surface area contributed by atoms with Crippen LogP contribution < -0.4 is 11.1 Å². The van der Waals surface area contributed by atoms with Gasteiger partial charge < -0.3 is 16.0 Å². The van der Waals surface area contributed by atoms with E-state index in [1.54, 1.807) is 16.8 Å². The minimum absolute atomic E-state index is 0.0267. The number of anilines is 2. The molecule has 0 radical (unpaired) electrons. The van der Waals surface area contributed by atoms with E-state index in [2.05, 4.69) is 15.3 Å². The largest absolute Gasteiger partial charge is 0.382 e. The van der Waals surface area contributed by atoms with Crippen LogP contribution in [-0.2, 0) is 4.79 Å². The molecule has 2 aliphatic rings. The smallest absolute Gasteiger partial charge is 0.264 e. The number of carbonyl (C=O) groups excluding carboxylic acids is 2. The Hall–Kier alpha value is -4.48. The van der Waals surface area contributed by atoms with E-state index in [-0.39, 0.29) is 51.9 Å². The van der Waals surface area contributed by atoms with Gasteiger partial charge in [-0.1, -0.05) is 0 Å². The Morgan fingerprint density at radius 2 is 1.95 bits per heavy atom. The maximum absolute atomic E-state index is 15.5. The summed E-state index contributed by atoms with van der Waals surface area (Å²) in [6, 6.07) is 6.35. The van der Waals surface area contributed by atoms with Crippen molar-refractivity contribution < 1.29 is 22.8 Å². The summed E-state index contributed by atoms with van der Waals surface area (Å²) in [4.78, 5) is 39.8. The Morgan fingerprint density at radius 1 is 1.10 bits per heavy atom. The number of nitrogens with two attached hydrogens (primary N) is 1. The Bertz CT molecular complexity index is 1610. The van der Waals surface area contributed by atoms with Gasteiger partial charge in [0.25, 0.3) is 12.3 Å². The van der Waals surface area contributed by atoms with Crippen molar-refractivity contribution in [3.63, 3.8) is 0 Å². The first-order chi connectivity index (χ1) is 18.8. The fraction of sp³-hybridized carbons (Fsp3) is 0.296. The summed E-state index contributed by atoms with van der Waals surface area (Å²) < 4.78 is 43.2. The minimum atomic E-state index is -2.72. The van der Waals surface area contributed by atoms with E-state index in [0.29, 0.717) is 24.3 Å². The number of carbonyl (C=O) groups is 2. The Labute approximate surface area is 220 Å². The number of pyridine rings is 1. The highest BCUT2D eigenvalue weighted by Crippen LogP contribution is 2.38. The van der Waals surface area contributed by atoms with E-state index in [1.807, 2.05) is 4.90 Å². The van der Waals surface area contributed by atoms with Crippen LogP contribution in [0.5, 0.6) is 0 Å². The van der Waals surface area contributed by atoms with Gasteiger partial charge in [0.2, 0.25) is 5.91 Å². The van der Waals surface area contributed by atoms with Crippen molar-refractivity contribution >= 4 is 29.0 Å². The van der Waals surface area contributed by atoms with Crippen LogP contribution in [-0.4, -0.2) is 48.7 Å². The molecule has 12 heteroatoms. The first-order valence-electron chi connectivity index (χ1n) is 12.6. The zero-order valence-corrected chi connectivity index (χ0v) is 20.7. The Balaban J connectivity index is 1.32. The van der Waals surface area contributed by atoms with Crippen molar-refractivity contribution in [2.24, 2.45) is 0 Å². The van der Waals surface area contributed by atoms with Crippen molar-refractivity contribution in [1.29, 1.82) is 0 Å². The summed E-state index contributed by atoms with van der Waals surface area (Å²) in [5, 5.41) is 2.42. The number of alkyl halides is 2. The lowest BCUT2D eigenvalue weighted by Gasteiger charge is -2.34. The molecule has 0 bridgehead atoms. The van der Waals surface area contributed by atoms with E-state index >= 15 is 4.39 Å². The first kappa shape index (κ1) is 24.8. The number of aromatic nitrogens is 4. The fourth-order valence-corrected chi connectivity index (χ4v) is 5.53. The molecule has 4 aromatic rings. The van der Waals surface area contributed by atoms with Crippen LogP contribution in [0.4, 0.5) is 24.8 Å². The van der Waals surface area contributed by atoms with E-state index in [0.717, 1.165) is 43.7 Å². The third-order valence-electron chi connectivity index (χ3n) is 7.46. The van der Waals surface area contributed by atoms with Crippen molar-refractivity contribution in [3.05, 3.63) is 71.7 Å². The quantitative estimate of drug-likeness (QED) is 0.387. The van der Waals surface area contributed by atoms with E-state index in [1.165, 1.54) is 12.1 Å². The predicted molar refractivity (Wildman–Crippen MR) is 137 cm³/mol. The summed E-state index contributed by atoms with van der Waals surface area (Å²) in [5.41, 5.74) is 6.73. The minimum Gasteiger partial charge on any atom is -0.382 e. The molecule has 2 unspecified atom stereocenters. The molecule has 3 aromatic heterocycles. The molecule has 2 aliphatic heterocycles. The number of rotatable bonds is 5. The molecule has 9 nitrogen and oxygen atoms in total. The monoisotopic (exact) mass is 535 g/mol. The fourth-order valence-electron chi connectivity index (χ4n) is 5.53. The van der Waals surface area contributed by atoms with Crippen LogP contribution in [0.25, 0.3) is 16.8 Å². The molecule has 2 amide bonds. The number of fused-ring (bicyclic) bond motifs is 2. The molecule has 1 aromatic carbocycles. The van der Waals surface area contributed by atoms with Gasteiger partial charge in [0.1, 0.15) is 34.5 Å². The number of nitrogen functional groups attached to an aromatic ring is 1. The maximum atomic E-state index is 15.5. The SMILES string of the molecule is Nc1nccn2c(C3CCC4CCC(=O)N4C3)nc(-c3ccc(C(=O)Nc4cc(C(F)F)ccn4)cc3F)c12. The topological polar surface area (TPSA) is 119 Å². The lowest BCUT2D eigenvalue weighted by Crippen LogP contribution is -2.41. The summed E-state index contributed by atoms with van der Waals surface area (Å²) in [5.74, 6) is -0.578. The van der Waals surface area contributed by atoms with Gasteiger partial charge in [0.05, 0.1) is 0 Å². The number of amides is 2. The third kappa shape index (κ3) is 4.45. The summed E-state index contributed by atoms with van der Waals surface area (Å²) >= 11 is 0. The van der Waals surface area contributed by atoms with Crippen LogP contribution >= 0.6 is 0 Å². The predicted octanol–water partition coefficient (Wildman–Crippen LogP) is 4.57. The third-order valence-corrected chi connectivity index (χ3v) is 7.46. The van der Waals surface area contributed by atoms with Gasteiger partial charge in [-0.25, -0.2) is 28.1 Å². The number of piperidine rings is 1. The average Bonchev–Trinajstić information content (AvgIpc) is 3.50. The van der Waals surface area contributed by atoms with E-state index in [4.69, 9.17) is 10.7 Å². The molecule has 0 spiro atoms. The number of hydrogen-bond acceptors (Lipinski definition) is 6. The first-order valence-corrected chi connectivity index (χ1v) is 12.6. The zero-order chi connectivity index (χ0) is 27.3. The molecule has 200 valence electrons. The van der Waals surface area contributed by atoms with Crippen molar-refractivity contribution in [3.8, 4) is 11.3 Å². The summed E-state index contributed by atoms with van der Waals surface area (Å²) in [7, 11) is 0. The number of halogens is 3. The van der Waals surface area contributed by atoms with Gasteiger partial charge >= 0.3 is 0 Å². The van der Waals surface area contributed by atoms with Gasteiger partial charge in [0, 0.05) is 60.2 Å². The molecule has 3 N–H and O–H groups in total. The van der Waals surface area contributed by atoms with Crippen molar-refractivity contribution in [2.45, 2.75) is 44.1 Å². The second kappa shape index (κ2) is 9.68. The lowest BCUT2D eigenvalue weighted by molar-refractivity contribution is -0.130. The van der Waals surface area contributed by atoms with Crippen LogP contribution in [0.1, 0.15) is 59.8 Å². The molecule has 2 saturated heterocycles. The molecule has 39 heavy (non-hydrogen) atoms. The van der Waals surface area contributed by atoms with Crippen LogP contribution in [0.15, 0.2) is 48.9 Å². The lowest BCUT2D eigenvalue weighted by atomic mass is 9.92. The second-order valence-corrected chi connectivity index (χ2v) is 9.79. The van der Waals surface area contributed by atoms with Crippen LogP contribution in [0, 0.1) is 5.82 Å². The average molecular weight is 536 g/mol. The molecule has 2 atom stereocenters. The van der Waals surface area contributed by atoms with E-state index < -0.39 is 18.1 Å². The number of benzene rings is 1. The normalized spacial score (nSPS) is 19.1. The van der Waals surface area contributed by atoms with Crippen LogP contribution in [0.3, 0.4) is 0 Å². The van der Waals surface area contributed by atoms with E-state index in [9.17, 15) is 18.4 Å². The van der Waals surface area contributed by atoms with Gasteiger partial charge in [0.15, 0.2) is 0 Å². The van der Waals surface area contributed by atoms with Gasteiger partial charge in [-0.3, -0.25) is 14.0 Å². The van der Waals surface area contributed by atoms with Gasteiger partial charge in [-0.15, -0.1) is 0 Å². The summed E-state index contributed by atoms with van der Waals surface area (Å²) in [6.45, 7) is 0.534. The number of nitrogens with zero attached hydrogens (tertiary/aromatic N) is 5. The molecule has 6 rings (SSSR count). The maximum Gasteiger partial charge on any atom is 0.264 e. The Kier molecular flexibility index (Phi) is 6.16. The van der Waals surface area contributed by atoms with Crippen molar-refractivity contribution in [1.82, 2.24) is 24.3 Å². The molecular formula is C27H24F3N7O2. The van der Waals surface area contributed by atoms with Crippen LogP contribution in [0.2, 0.25) is 0 Å². The van der Waals surface area contributed by atoms with Gasteiger partial charge in [-0.05, 0) is 49.6 Å². The standard InChI is InChI=1S/C27H24F3N7O2/c28-19-11-15(27(39)34-20-12-14(24(29)30)7-8-32-20)2-5-18(19)22-23-25(31)33-9-10-36(23)26(35-22)16-1-3-17-4-6-21(38)37(17)13-16/h2,5,7-12,16-17,24H,1,3-4,6,13H2,(H2,31,33)(H,32,34,39). The zero-order valence-electron chi connectivity index (χ0n) is 20.7. The summed E-state index contributed by atoms with van der Waals surface area (Å²) in [6.07, 6.45) is 4.83. The van der Waals surface area contributed by atoms with Crippen molar-refractivity contribution in [2.75, 3.05) is 17.6 Å². The molecule has 2 fully saturated rings. The number of hydrogen-bond donors (Lipinski definition) is 2. The highest BCUT2D eigenvalue weighted by atomic mass is 19.3.